The third kappa shape index (κ3) is 30.4. The molecule has 0 aliphatic heterocycles. The summed E-state index contributed by atoms with van der Waals surface area (Å²) in [5.41, 5.74) is 0. The van der Waals surface area contributed by atoms with Crippen LogP contribution >= 0.6 is 12.0 Å². The molecule has 0 saturated carbocycles. The van der Waals surface area contributed by atoms with Crippen molar-refractivity contribution >= 4 is 12.0 Å². The van der Waals surface area contributed by atoms with Gasteiger partial charge in [-0.2, -0.15) is 0 Å². The molecular weight excluding hydrogens is 106 g/mol. The maximum Gasteiger partial charge on any atom is 0.116 e. The Balaban J connectivity index is 0. The zero-order chi connectivity index (χ0) is 5.41. The maximum atomic E-state index is 8.97. The summed E-state index contributed by atoms with van der Waals surface area (Å²) in [5, 5.41) is 7.88. The van der Waals surface area contributed by atoms with Crippen molar-refractivity contribution in [3.63, 3.8) is 0 Å². The molecule has 0 aromatic carbocycles. The van der Waals surface area contributed by atoms with E-state index in [1.54, 1.807) is 0 Å². The van der Waals surface area contributed by atoms with Crippen molar-refractivity contribution in [2.45, 2.75) is 13.3 Å². The van der Waals surface area contributed by atoms with Gasteiger partial charge in [-0.1, -0.05) is 6.92 Å². The molecule has 0 aliphatic carbocycles. The second-order valence-electron chi connectivity index (χ2n) is 0.724. The molecular formula is C3H8ClFO. The molecule has 6 heavy (non-hydrogen) atoms. The van der Waals surface area contributed by atoms with Gasteiger partial charge in [0.25, 0.3) is 0 Å². The van der Waals surface area contributed by atoms with Crippen LogP contribution in [0.3, 0.4) is 0 Å². The average molecular weight is 115 g/mol. The lowest BCUT2D eigenvalue weighted by molar-refractivity contribution is 0.295. The van der Waals surface area contributed by atoms with Crippen LogP contribution < -0.4 is 0 Å². The normalized spacial score (nSPS) is 6.00. The van der Waals surface area contributed by atoms with Crippen molar-refractivity contribution in [1.29, 1.82) is 0 Å². The van der Waals surface area contributed by atoms with Crippen LogP contribution in [0.2, 0.25) is 0 Å². The minimum Gasteiger partial charge on any atom is -0.396 e. The van der Waals surface area contributed by atoms with E-state index >= 15 is 0 Å². The lowest BCUT2D eigenvalue weighted by Gasteiger charge is -1.69. The molecule has 0 heterocycles. The number of rotatable bonds is 1. The lowest BCUT2D eigenvalue weighted by Crippen LogP contribution is -1.69. The first-order valence-corrected chi connectivity index (χ1v) is 1.95. The summed E-state index contributed by atoms with van der Waals surface area (Å²) < 4.78 is 8.97. The van der Waals surface area contributed by atoms with Crippen LogP contribution in [0.25, 0.3) is 0 Å². The zero-order valence-electron chi connectivity index (χ0n) is 3.62. The van der Waals surface area contributed by atoms with Crippen LogP contribution in [0, 0.1) is 0 Å². The highest BCUT2D eigenvalue weighted by molar-refractivity contribution is 6.06. The summed E-state index contributed by atoms with van der Waals surface area (Å²) in [7, 11) is 0. The van der Waals surface area contributed by atoms with Crippen molar-refractivity contribution in [2.24, 2.45) is 0 Å². The molecule has 0 rings (SSSR count). The maximum absolute atomic E-state index is 8.97. The average Bonchev–Trinajstić information content (AvgIpc) is 1.72. The highest BCUT2D eigenvalue weighted by atomic mass is 35.5. The predicted octanol–water partition coefficient (Wildman–Crippen LogP) is 1.50. The van der Waals surface area contributed by atoms with Crippen LogP contribution in [0.5, 0.6) is 0 Å². The van der Waals surface area contributed by atoms with Gasteiger partial charge < -0.3 is 5.11 Å². The van der Waals surface area contributed by atoms with E-state index in [1.807, 2.05) is 6.92 Å². The summed E-state index contributed by atoms with van der Waals surface area (Å²) in [6.45, 7) is 2.25. The SMILES string of the molecule is CCCO.FCl. The molecule has 0 atom stereocenters. The monoisotopic (exact) mass is 114 g/mol. The Morgan fingerprint density at radius 1 is 1.67 bits per heavy atom. The van der Waals surface area contributed by atoms with E-state index in [1.165, 1.54) is 0 Å². The van der Waals surface area contributed by atoms with Crippen molar-refractivity contribution in [1.82, 2.24) is 0 Å². The standard InChI is InChI=1S/C3H8O.ClF/c1-2-3-4;1-2/h4H,2-3H2,1H3;. The molecule has 0 aromatic rings. The fraction of sp³-hybridized carbons (Fsp3) is 1.00. The predicted molar refractivity (Wildman–Crippen MR) is 24.3 cm³/mol. The first-order valence-electron chi connectivity index (χ1n) is 1.67. The number of hydrogen-bond acceptors (Lipinski definition) is 1. The minimum absolute atomic E-state index is 0.319. The Labute approximate surface area is 42.0 Å². The summed E-state index contributed by atoms with van der Waals surface area (Å²) >= 11 is 3.14. The molecule has 0 aliphatic rings. The van der Waals surface area contributed by atoms with E-state index in [-0.39, 0.29) is 0 Å². The minimum atomic E-state index is 0.319. The van der Waals surface area contributed by atoms with Gasteiger partial charge in [0, 0.05) is 6.61 Å². The molecule has 0 bridgehead atoms. The van der Waals surface area contributed by atoms with E-state index in [0.29, 0.717) is 6.61 Å². The van der Waals surface area contributed by atoms with E-state index in [0.717, 1.165) is 6.42 Å². The van der Waals surface area contributed by atoms with Crippen molar-refractivity contribution in [2.75, 3.05) is 6.61 Å². The Morgan fingerprint density at radius 3 is 1.83 bits per heavy atom. The van der Waals surface area contributed by atoms with Gasteiger partial charge in [-0.05, 0) is 6.42 Å². The quantitative estimate of drug-likeness (QED) is 0.548. The molecule has 0 radical (unpaired) electrons. The topological polar surface area (TPSA) is 20.2 Å². The molecule has 0 saturated heterocycles. The molecule has 40 valence electrons. The number of aliphatic hydroxyl groups is 1. The third-order valence-electron chi connectivity index (χ3n) is 0.224. The van der Waals surface area contributed by atoms with Crippen LogP contribution in [-0.2, 0) is 0 Å². The molecule has 3 heteroatoms. The van der Waals surface area contributed by atoms with Gasteiger partial charge in [-0.3, -0.25) is 0 Å². The first-order chi connectivity index (χ1) is 2.91. The van der Waals surface area contributed by atoms with Crippen molar-refractivity contribution in [3.8, 4) is 0 Å². The molecule has 0 aromatic heterocycles. The zero-order valence-corrected chi connectivity index (χ0v) is 4.37. The summed E-state index contributed by atoms with van der Waals surface area (Å²) in [4.78, 5) is 0. The van der Waals surface area contributed by atoms with Crippen LogP contribution in [0.1, 0.15) is 13.3 Å². The molecule has 0 fully saturated rings. The fourth-order valence-corrected chi connectivity index (χ4v) is 0. The second kappa shape index (κ2) is 19.0. The Kier molecular flexibility index (Phi) is 30.1. The summed E-state index contributed by atoms with van der Waals surface area (Å²) in [6, 6.07) is 0. The Hall–Kier alpha value is 0.180. The van der Waals surface area contributed by atoms with Gasteiger partial charge >= 0.3 is 0 Å². The van der Waals surface area contributed by atoms with Gasteiger partial charge in [0.1, 0.15) is 12.0 Å². The highest BCUT2D eigenvalue weighted by Crippen LogP contribution is 1.61. The van der Waals surface area contributed by atoms with E-state index in [4.69, 9.17) is 9.09 Å². The second-order valence-corrected chi connectivity index (χ2v) is 0.724. The Morgan fingerprint density at radius 2 is 1.83 bits per heavy atom. The smallest absolute Gasteiger partial charge is 0.116 e. The van der Waals surface area contributed by atoms with Gasteiger partial charge in [0.15, 0.2) is 0 Å². The van der Waals surface area contributed by atoms with Gasteiger partial charge in [-0.25, -0.2) is 0 Å². The number of halogens is 2. The van der Waals surface area contributed by atoms with E-state index < -0.39 is 0 Å². The van der Waals surface area contributed by atoms with Crippen LogP contribution in [0.15, 0.2) is 0 Å². The van der Waals surface area contributed by atoms with Gasteiger partial charge in [0.2, 0.25) is 0 Å². The molecule has 0 amide bonds. The van der Waals surface area contributed by atoms with Crippen molar-refractivity contribution < 1.29 is 9.09 Å². The molecule has 1 N–H and O–H groups in total. The van der Waals surface area contributed by atoms with Crippen molar-refractivity contribution in [3.05, 3.63) is 0 Å². The summed E-state index contributed by atoms with van der Waals surface area (Å²) in [5.74, 6) is 0. The van der Waals surface area contributed by atoms with E-state index in [9.17, 15) is 0 Å². The molecule has 0 unspecified atom stereocenters. The Bertz CT molecular complexity index is 12.8. The van der Waals surface area contributed by atoms with Crippen LogP contribution in [0.4, 0.5) is 3.98 Å². The third-order valence-corrected chi connectivity index (χ3v) is 0.224. The number of aliphatic hydroxyl groups excluding tert-OH is 1. The van der Waals surface area contributed by atoms with Crippen LogP contribution in [-0.4, -0.2) is 11.7 Å². The lowest BCUT2D eigenvalue weighted by atomic mass is 10.5. The molecule has 1 nitrogen and oxygen atoms in total. The van der Waals surface area contributed by atoms with Gasteiger partial charge in [0.05, 0.1) is 0 Å². The first kappa shape index (κ1) is 9.49. The van der Waals surface area contributed by atoms with Gasteiger partial charge in [-0.15, -0.1) is 3.98 Å². The highest BCUT2D eigenvalue weighted by Gasteiger charge is 1.57. The fourth-order valence-electron chi connectivity index (χ4n) is 0. The van der Waals surface area contributed by atoms with E-state index in [2.05, 4.69) is 12.0 Å². The summed E-state index contributed by atoms with van der Waals surface area (Å²) in [6.07, 6.45) is 0.875. The molecule has 0 spiro atoms. The largest absolute Gasteiger partial charge is 0.396 e. The number of hydrogen-bond donors (Lipinski definition) is 1.